The second-order valence-electron chi connectivity index (χ2n) is 4.77. The van der Waals surface area contributed by atoms with E-state index in [9.17, 15) is 4.79 Å². The summed E-state index contributed by atoms with van der Waals surface area (Å²) in [6.45, 7) is 2.80. The number of benzene rings is 2. The van der Waals surface area contributed by atoms with Crippen LogP contribution in [0.2, 0.25) is 10.0 Å². The first-order valence-corrected chi connectivity index (χ1v) is 7.81. The van der Waals surface area contributed by atoms with Gasteiger partial charge in [-0.05, 0) is 43.3 Å². The highest BCUT2D eigenvalue weighted by Crippen LogP contribution is 2.27. The third-order valence-electron chi connectivity index (χ3n) is 3.10. The van der Waals surface area contributed by atoms with Crippen LogP contribution in [0.25, 0.3) is 0 Å². The molecule has 1 N–H and O–H groups in total. The monoisotopic (exact) mass is 353 g/mol. The second-order valence-corrected chi connectivity index (χ2v) is 5.61. The van der Waals surface area contributed by atoms with Crippen LogP contribution in [0.4, 0.5) is 5.69 Å². The molecule has 1 amide bonds. The van der Waals surface area contributed by atoms with E-state index in [0.29, 0.717) is 40.3 Å². The van der Waals surface area contributed by atoms with Gasteiger partial charge in [0.2, 0.25) is 0 Å². The number of carbonyl (C=O) groups excluding carboxylic acids is 1. The summed E-state index contributed by atoms with van der Waals surface area (Å²) in [5, 5.41) is 3.67. The molecule has 0 aliphatic rings. The maximum Gasteiger partial charge on any atom is 0.255 e. The number of ether oxygens (including phenoxy) is 2. The van der Waals surface area contributed by atoms with Crippen molar-refractivity contribution in [2.75, 3.05) is 19.0 Å². The maximum absolute atomic E-state index is 12.4. The van der Waals surface area contributed by atoms with E-state index in [1.807, 2.05) is 6.92 Å². The summed E-state index contributed by atoms with van der Waals surface area (Å²) in [5.74, 6) is 0.418. The van der Waals surface area contributed by atoms with Crippen molar-refractivity contribution in [3.05, 3.63) is 57.6 Å². The van der Waals surface area contributed by atoms with E-state index in [4.69, 9.17) is 32.7 Å². The van der Waals surface area contributed by atoms with Crippen LogP contribution >= 0.6 is 23.2 Å². The molecule has 0 aromatic heterocycles. The smallest absolute Gasteiger partial charge is 0.255 e. The van der Waals surface area contributed by atoms with E-state index in [0.717, 1.165) is 5.56 Å². The fraction of sp³-hybridized carbons (Fsp3) is 0.235. The second kappa shape index (κ2) is 8.20. The minimum atomic E-state index is -0.283. The van der Waals surface area contributed by atoms with E-state index in [2.05, 4.69) is 5.32 Å². The van der Waals surface area contributed by atoms with Crippen LogP contribution in [0.15, 0.2) is 36.4 Å². The zero-order valence-corrected chi connectivity index (χ0v) is 14.4. The molecule has 0 radical (unpaired) electrons. The van der Waals surface area contributed by atoms with Crippen molar-refractivity contribution in [2.24, 2.45) is 0 Å². The van der Waals surface area contributed by atoms with Crippen molar-refractivity contribution in [1.29, 1.82) is 0 Å². The lowest BCUT2D eigenvalue weighted by Gasteiger charge is -2.12. The number of methoxy groups -OCH3 is 1. The number of amides is 1. The highest BCUT2D eigenvalue weighted by Gasteiger charge is 2.12. The molecule has 0 spiro atoms. The Balaban J connectivity index is 2.25. The molecule has 6 heteroatoms. The molecule has 122 valence electrons. The number of nitrogens with one attached hydrogen (secondary N) is 1. The van der Waals surface area contributed by atoms with Gasteiger partial charge in [-0.2, -0.15) is 0 Å². The molecular formula is C17H17Cl2NO3. The van der Waals surface area contributed by atoms with Gasteiger partial charge in [0.15, 0.2) is 0 Å². The minimum Gasteiger partial charge on any atom is -0.494 e. The molecule has 0 aliphatic heterocycles. The third-order valence-corrected chi connectivity index (χ3v) is 3.66. The Hall–Kier alpha value is -1.75. The van der Waals surface area contributed by atoms with Gasteiger partial charge in [0.05, 0.1) is 23.9 Å². The molecule has 0 aliphatic carbocycles. The predicted octanol–water partition coefficient (Wildman–Crippen LogP) is 4.79. The number of hydrogen-bond acceptors (Lipinski definition) is 3. The first-order chi connectivity index (χ1) is 11.0. The number of anilines is 1. The van der Waals surface area contributed by atoms with Crippen LogP contribution in [-0.2, 0) is 11.3 Å². The van der Waals surface area contributed by atoms with Gasteiger partial charge in [-0.1, -0.05) is 23.2 Å². The van der Waals surface area contributed by atoms with Crippen molar-refractivity contribution in [1.82, 2.24) is 0 Å². The van der Waals surface area contributed by atoms with Gasteiger partial charge in [0.1, 0.15) is 5.75 Å². The Morgan fingerprint density at radius 1 is 1.17 bits per heavy atom. The van der Waals surface area contributed by atoms with Gasteiger partial charge >= 0.3 is 0 Å². The molecule has 2 aromatic carbocycles. The summed E-state index contributed by atoms with van der Waals surface area (Å²) in [6, 6.07) is 10.1. The average Bonchev–Trinajstić information content (AvgIpc) is 2.53. The fourth-order valence-electron chi connectivity index (χ4n) is 2.07. The zero-order chi connectivity index (χ0) is 16.8. The van der Waals surface area contributed by atoms with Crippen LogP contribution < -0.4 is 10.1 Å². The highest BCUT2D eigenvalue weighted by atomic mass is 35.5. The molecule has 0 heterocycles. The molecule has 0 unspecified atom stereocenters. The van der Waals surface area contributed by atoms with Crippen LogP contribution in [0.3, 0.4) is 0 Å². The molecule has 0 saturated carbocycles. The Labute approximate surface area is 145 Å². The lowest BCUT2D eigenvalue weighted by Crippen LogP contribution is -2.13. The van der Waals surface area contributed by atoms with Gasteiger partial charge in [-0.15, -0.1) is 0 Å². The number of halogens is 2. The maximum atomic E-state index is 12.4. The SMILES string of the molecule is CCOc1ccc(C(=O)Nc2cc(Cl)ccc2Cl)cc1COC. The van der Waals surface area contributed by atoms with Crippen molar-refractivity contribution in [3.8, 4) is 5.75 Å². The summed E-state index contributed by atoms with van der Waals surface area (Å²) in [6.07, 6.45) is 0. The van der Waals surface area contributed by atoms with Crippen LogP contribution in [0.5, 0.6) is 5.75 Å². The van der Waals surface area contributed by atoms with Crippen molar-refractivity contribution < 1.29 is 14.3 Å². The Morgan fingerprint density at radius 3 is 2.65 bits per heavy atom. The fourth-order valence-corrected chi connectivity index (χ4v) is 2.41. The normalized spacial score (nSPS) is 10.4. The Bertz CT molecular complexity index is 704. The van der Waals surface area contributed by atoms with E-state index in [1.54, 1.807) is 43.5 Å². The molecule has 0 fully saturated rings. The van der Waals surface area contributed by atoms with Crippen molar-refractivity contribution in [2.45, 2.75) is 13.5 Å². The minimum absolute atomic E-state index is 0.283. The summed E-state index contributed by atoms with van der Waals surface area (Å²) in [7, 11) is 1.59. The molecular weight excluding hydrogens is 337 g/mol. The van der Waals surface area contributed by atoms with Crippen LogP contribution in [0, 0.1) is 0 Å². The van der Waals surface area contributed by atoms with E-state index >= 15 is 0 Å². The molecule has 2 aromatic rings. The Kier molecular flexibility index (Phi) is 6.28. The quantitative estimate of drug-likeness (QED) is 0.811. The third kappa shape index (κ3) is 4.61. The predicted molar refractivity (Wildman–Crippen MR) is 92.7 cm³/mol. The molecule has 0 atom stereocenters. The van der Waals surface area contributed by atoms with Gasteiger partial charge < -0.3 is 14.8 Å². The first-order valence-electron chi connectivity index (χ1n) is 7.06. The van der Waals surface area contributed by atoms with Gasteiger partial charge in [-0.25, -0.2) is 0 Å². The summed E-state index contributed by atoms with van der Waals surface area (Å²) in [5.41, 5.74) is 1.75. The van der Waals surface area contributed by atoms with Crippen molar-refractivity contribution in [3.63, 3.8) is 0 Å². The summed E-state index contributed by atoms with van der Waals surface area (Å²) in [4.78, 5) is 12.4. The lowest BCUT2D eigenvalue weighted by atomic mass is 10.1. The number of hydrogen-bond donors (Lipinski definition) is 1. The average molecular weight is 354 g/mol. The van der Waals surface area contributed by atoms with Gasteiger partial charge in [0.25, 0.3) is 5.91 Å². The molecule has 23 heavy (non-hydrogen) atoms. The first kappa shape index (κ1) is 17.6. The van der Waals surface area contributed by atoms with E-state index < -0.39 is 0 Å². The topological polar surface area (TPSA) is 47.6 Å². The lowest BCUT2D eigenvalue weighted by molar-refractivity contribution is 0.102. The van der Waals surface area contributed by atoms with Gasteiger partial charge in [-0.3, -0.25) is 4.79 Å². The van der Waals surface area contributed by atoms with Crippen LogP contribution in [-0.4, -0.2) is 19.6 Å². The van der Waals surface area contributed by atoms with E-state index in [-0.39, 0.29) is 5.91 Å². The summed E-state index contributed by atoms with van der Waals surface area (Å²) >= 11 is 12.0. The van der Waals surface area contributed by atoms with Crippen molar-refractivity contribution >= 4 is 34.8 Å². The van der Waals surface area contributed by atoms with E-state index in [1.165, 1.54) is 0 Å². The largest absolute Gasteiger partial charge is 0.494 e. The molecule has 0 saturated heterocycles. The Morgan fingerprint density at radius 2 is 1.96 bits per heavy atom. The number of carbonyl (C=O) groups is 1. The molecule has 2 rings (SSSR count). The van der Waals surface area contributed by atoms with Crippen LogP contribution in [0.1, 0.15) is 22.8 Å². The zero-order valence-electron chi connectivity index (χ0n) is 12.9. The van der Waals surface area contributed by atoms with Gasteiger partial charge in [0, 0.05) is 23.3 Å². The summed E-state index contributed by atoms with van der Waals surface area (Å²) < 4.78 is 10.7. The highest BCUT2D eigenvalue weighted by molar-refractivity contribution is 6.35. The number of rotatable bonds is 6. The molecule has 4 nitrogen and oxygen atoms in total. The standard InChI is InChI=1S/C17H17Cl2NO3/c1-3-23-16-7-4-11(8-12(16)10-22-2)17(21)20-15-9-13(18)5-6-14(15)19/h4-9H,3,10H2,1-2H3,(H,20,21). The molecule has 0 bridgehead atoms.